The molecule has 0 aliphatic carbocycles. The lowest BCUT2D eigenvalue weighted by molar-refractivity contribution is 0.500. The van der Waals surface area contributed by atoms with E-state index in [9.17, 15) is 0 Å². The molecule has 0 aliphatic rings. The van der Waals surface area contributed by atoms with Crippen LogP contribution >= 0.6 is 0 Å². The molecule has 0 bridgehead atoms. The molecule has 0 fully saturated rings. The lowest BCUT2D eigenvalue weighted by Gasteiger charge is -2.00. The van der Waals surface area contributed by atoms with Gasteiger partial charge < -0.3 is 9.73 Å². The van der Waals surface area contributed by atoms with Gasteiger partial charge in [0, 0.05) is 18.5 Å². The van der Waals surface area contributed by atoms with Crippen molar-refractivity contribution >= 4 is 0 Å². The Morgan fingerprint density at radius 3 is 2.47 bits per heavy atom. The Labute approximate surface area is 101 Å². The van der Waals surface area contributed by atoms with Crippen LogP contribution in [0.1, 0.15) is 17.0 Å². The summed E-state index contributed by atoms with van der Waals surface area (Å²) in [6.45, 7) is 4.97. The van der Waals surface area contributed by atoms with Crippen LogP contribution in [0.2, 0.25) is 0 Å². The molecule has 4 heteroatoms. The lowest BCUT2D eigenvalue weighted by atomic mass is 10.1. The van der Waals surface area contributed by atoms with Gasteiger partial charge in [0.2, 0.25) is 11.8 Å². The van der Waals surface area contributed by atoms with E-state index in [4.69, 9.17) is 4.42 Å². The fourth-order valence-corrected chi connectivity index (χ4v) is 1.80. The number of benzene rings is 1. The normalized spacial score (nSPS) is 10.8. The van der Waals surface area contributed by atoms with Gasteiger partial charge in [-0.1, -0.05) is 17.2 Å². The molecular formula is C13H17N3O. The van der Waals surface area contributed by atoms with Crippen LogP contribution in [-0.2, 0) is 6.42 Å². The highest BCUT2D eigenvalue weighted by Crippen LogP contribution is 2.20. The molecule has 1 aromatic carbocycles. The zero-order valence-electron chi connectivity index (χ0n) is 10.4. The first-order chi connectivity index (χ1) is 8.19. The molecular weight excluding hydrogens is 214 g/mol. The maximum absolute atomic E-state index is 5.62. The maximum atomic E-state index is 5.62. The number of nitrogens with zero attached hydrogens (tertiary/aromatic N) is 2. The van der Waals surface area contributed by atoms with Gasteiger partial charge in [-0.25, -0.2) is 0 Å². The largest absolute Gasteiger partial charge is 0.421 e. The van der Waals surface area contributed by atoms with Gasteiger partial charge in [-0.2, -0.15) is 0 Å². The Kier molecular flexibility index (Phi) is 3.54. The van der Waals surface area contributed by atoms with Gasteiger partial charge >= 0.3 is 0 Å². The minimum absolute atomic E-state index is 0.600. The number of likely N-dealkylation sites (N-methyl/N-ethyl adjacent to an activating group) is 1. The van der Waals surface area contributed by atoms with Gasteiger partial charge in [-0.15, -0.1) is 10.2 Å². The van der Waals surface area contributed by atoms with Crippen LogP contribution in [0.15, 0.2) is 22.6 Å². The zero-order valence-corrected chi connectivity index (χ0v) is 10.4. The molecule has 0 unspecified atom stereocenters. The monoisotopic (exact) mass is 231 g/mol. The fourth-order valence-electron chi connectivity index (χ4n) is 1.80. The van der Waals surface area contributed by atoms with Crippen molar-refractivity contribution in [2.24, 2.45) is 0 Å². The number of hydrogen-bond acceptors (Lipinski definition) is 4. The van der Waals surface area contributed by atoms with Crippen molar-refractivity contribution in [2.75, 3.05) is 13.6 Å². The summed E-state index contributed by atoms with van der Waals surface area (Å²) in [4.78, 5) is 0. The second kappa shape index (κ2) is 5.10. The van der Waals surface area contributed by atoms with Crippen LogP contribution in [0.5, 0.6) is 0 Å². The van der Waals surface area contributed by atoms with E-state index in [1.807, 2.05) is 7.05 Å². The van der Waals surface area contributed by atoms with E-state index in [0.29, 0.717) is 11.8 Å². The van der Waals surface area contributed by atoms with E-state index >= 15 is 0 Å². The summed E-state index contributed by atoms with van der Waals surface area (Å²) in [6.07, 6.45) is 0.758. The third-order valence-electron chi connectivity index (χ3n) is 2.52. The summed E-state index contributed by atoms with van der Waals surface area (Å²) >= 11 is 0. The molecule has 0 radical (unpaired) electrons. The highest BCUT2D eigenvalue weighted by Gasteiger charge is 2.08. The zero-order chi connectivity index (χ0) is 12.3. The molecule has 1 heterocycles. The number of aryl methyl sites for hydroxylation is 2. The molecule has 0 saturated heterocycles. The van der Waals surface area contributed by atoms with Crippen LogP contribution in [0.3, 0.4) is 0 Å². The Balaban J connectivity index is 2.24. The average molecular weight is 231 g/mol. The SMILES string of the molecule is CNCCc1nnc(-c2cc(C)cc(C)c2)o1. The lowest BCUT2D eigenvalue weighted by Crippen LogP contribution is -2.10. The molecule has 0 spiro atoms. The Bertz CT molecular complexity index is 485. The van der Waals surface area contributed by atoms with Crippen LogP contribution in [0.4, 0.5) is 0 Å². The molecule has 1 aromatic heterocycles. The smallest absolute Gasteiger partial charge is 0.247 e. The molecule has 1 N–H and O–H groups in total. The van der Waals surface area contributed by atoms with E-state index in [1.54, 1.807) is 0 Å². The van der Waals surface area contributed by atoms with Crippen LogP contribution in [0.25, 0.3) is 11.5 Å². The minimum atomic E-state index is 0.600. The first-order valence-electron chi connectivity index (χ1n) is 5.74. The first kappa shape index (κ1) is 11.8. The van der Waals surface area contributed by atoms with E-state index in [0.717, 1.165) is 18.5 Å². The van der Waals surface area contributed by atoms with Crippen molar-refractivity contribution in [3.8, 4) is 11.5 Å². The molecule has 0 amide bonds. The summed E-state index contributed by atoms with van der Waals surface area (Å²) in [6, 6.07) is 6.24. The highest BCUT2D eigenvalue weighted by atomic mass is 16.4. The standard InChI is InChI=1S/C13H17N3O/c1-9-6-10(2)8-11(7-9)13-16-15-12(17-13)4-5-14-3/h6-8,14H,4-5H2,1-3H3. The second-order valence-electron chi connectivity index (χ2n) is 4.23. The van der Waals surface area contributed by atoms with Gasteiger partial charge in [0.15, 0.2) is 0 Å². The summed E-state index contributed by atoms with van der Waals surface area (Å²) in [5.74, 6) is 1.27. The number of nitrogens with one attached hydrogen (secondary N) is 1. The molecule has 2 aromatic rings. The van der Waals surface area contributed by atoms with Crippen molar-refractivity contribution < 1.29 is 4.42 Å². The summed E-state index contributed by atoms with van der Waals surface area (Å²) in [5, 5.41) is 11.2. The quantitative estimate of drug-likeness (QED) is 0.875. The van der Waals surface area contributed by atoms with Gasteiger partial charge in [-0.3, -0.25) is 0 Å². The topological polar surface area (TPSA) is 51.0 Å². The Hall–Kier alpha value is -1.68. The Morgan fingerprint density at radius 2 is 1.82 bits per heavy atom. The third-order valence-corrected chi connectivity index (χ3v) is 2.52. The molecule has 90 valence electrons. The van der Waals surface area contributed by atoms with E-state index in [1.165, 1.54) is 11.1 Å². The van der Waals surface area contributed by atoms with E-state index in [-0.39, 0.29) is 0 Å². The predicted octanol–water partition coefficient (Wildman–Crippen LogP) is 2.12. The molecule has 0 saturated carbocycles. The first-order valence-corrected chi connectivity index (χ1v) is 5.74. The molecule has 2 rings (SSSR count). The van der Waals surface area contributed by atoms with E-state index in [2.05, 4.69) is 47.6 Å². The van der Waals surface area contributed by atoms with Crippen LogP contribution in [-0.4, -0.2) is 23.8 Å². The number of aromatic nitrogens is 2. The maximum Gasteiger partial charge on any atom is 0.247 e. The molecule has 0 atom stereocenters. The van der Waals surface area contributed by atoms with E-state index < -0.39 is 0 Å². The van der Waals surface area contributed by atoms with Gasteiger partial charge in [0.05, 0.1) is 0 Å². The van der Waals surface area contributed by atoms with Gasteiger partial charge in [0.25, 0.3) is 0 Å². The van der Waals surface area contributed by atoms with Crippen molar-refractivity contribution in [2.45, 2.75) is 20.3 Å². The molecule has 0 aliphatic heterocycles. The minimum Gasteiger partial charge on any atom is -0.421 e. The molecule has 4 nitrogen and oxygen atoms in total. The van der Waals surface area contributed by atoms with Crippen molar-refractivity contribution in [3.63, 3.8) is 0 Å². The number of hydrogen-bond donors (Lipinski definition) is 1. The van der Waals surface area contributed by atoms with Crippen LogP contribution in [0, 0.1) is 13.8 Å². The van der Waals surface area contributed by atoms with Crippen molar-refractivity contribution in [1.29, 1.82) is 0 Å². The summed E-state index contributed by atoms with van der Waals surface area (Å²) < 4.78 is 5.62. The summed E-state index contributed by atoms with van der Waals surface area (Å²) in [7, 11) is 1.90. The Morgan fingerprint density at radius 1 is 1.12 bits per heavy atom. The van der Waals surface area contributed by atoms with Crippen molar-refractivity contribution in [3.05, 3.63) is 35.2 Å². The van der Waals surface area contributed by atoms with Crippen molar-refractivity contribution in [1.82, 2.24) is 15.5 Å². The van der Waals surface area contributed by atoms with Crippen LogP contribution < -0.4 is 5.32 Å². The average Bonchev–Trinajstić information content (AvgIpc) is 2.73. The summed E-state index contributed by atoms with van der Waals surface area (Å²) in [5.41, 5.74) is 3.40. The second-order valence-corrected chi connectivity index (χ2v) is 4.23. The fraction of sp³-hybridized carbons (Fsp3) is 0.385. The highest BCUT2D eigenvalue weighted by molar-refractivity contribution is 5.55. The molecule has 17 heavy (non-hydrogen) atoms. The van der Waals surface area contributed by atoms with Gasteiger partial charge in [-0.05, 0) is 33.0 Å². The predicted molar refractivity (Wildman–Crippen MR) is 66.8 cm³/mol. The number of rotatable bonds is 4. The third kappa shape index (κ3) is 2.91. The van der Waals surface area contributed by atoms with Gasteiger partial charge in [0.1, 0.15) is 0 Å².